The fourth-order valence-electron chi connectivity index (χ4n) is 4.86. The van der Waals surface area contributed by atoms with Crippen molar-refractivity contribution in [3.63, 3.8) is 0 Å². The second-order valence-electron chi connectivity index (χ2n) is 9.64. The number of alkyl halides is 3. The lowest BCUT2D eigenvalue weighted by molar-refractivity contribution is -0.137. The summed E-state index contributed by atoms with van der Waals surface area (Å²) in [5.41, 5.74) is 4.12. The largest absolute Gasteiger partial charge is 0.416 e. The molecule has 1 atom stereocenters. The molecule has 39 heavy (non-hydrogen) atoms. The number of thiocarbonyl (C=S) groups is 1. The van der Waals surface area contributed by atoms with Gasteiger partial charge in [0, 0.05) is 50.0 Å². The van der Waals surface area contributed by atoms with Crippen molar-refractivity contribution in [1.29, 1.82) is 0 Å². The van der Waals surface area contributed by atoms with Crippen LogP contribution in [0.25, 0.3) is 0 Å². The highest BCUT2D eigenvalue weighted by Crippen LogP contribution is 2.32. The van der Waals surface area contributed by atoms with Crippen LogP contribution < -0.4 is 15.1 Å². The molecule has 0 radical (unpaired) electrons. The van der Waals surface area contributed by atoms with Crippen molar-refractivity contribution in [2.24, 2.45) is 4.99 Å². The summed E-state index contributed by atoms with van der Waals surface area (Å²) in [6.07, 6.45) is -5.33. The number of benzene rings is 3. The molecular formula is C29H28F3N5OS. The van der Waals surface area contributed by atoms with Crippen molar-refractivity contribution in [3.8, 4) is 0 Å². The second-order valence-corrected chi connectivity index (χ2v) is 10.0. The van der Waals surface area contributed by atoms with Gasteiger partial charge >= 0.3 is 6.18 Å². The number of rotatable bonds is 3. The van der Waals surface area contributed by atoms with Crippen molar-refractivity contribution < 1.29 is 18.0 Å². The van der Waals surface area contributed by atoms with Gasteiger partial charge in [-0.1, -0.05) is 48.0 Å². The molecule has 2 aliphatic rings. The number of carbonyl (C=O) groups excluding carboxylic acids is 1. The number of piperazine rings is 1. The number of amides is 1. The third-order valence-electron chi connectivity index (χ3n) is 7.00. The van der Waals surface area contributed by atoms with E-state index in [0.29, 0.717) is 42.7 Å². The molecule has 3 aromatic rings. The Bertz CT molecular complexity index is 1420. The summed E-state index contributed by atoms with van der Waals surface area (Å²) < 4.78 is 39.5. The number of nitrogens with zero attached hydrogens (tertiary/aromatic N) is 4. The first-order valence-electron chi connectivity index (χ1n) is 12.6. The van der Waals surface area contributed by atoms with Crippen LogP contribution in [0.5, 0.6) is 0 Å². The average Bonchev–Trinajstić information content (AvgIpc) is 3.03. The zero-order valence-corrected chi connectivity index (χ0v) is 22.4. The van der Waals surface area contributed by atoms with Crippen molar-refractivity contribution in [2.45, 2.75) is 19.3 Å². The van der Waals surface area contributed by atoms with E-state index in [-0.39, 0.29) is 5.91 Å². The van der Waals surface area contributed by atoms with Crippen molar-refractivity contribution >= 4 is 40.3 Å². The fraction of sp³-hybridized carbons (Fsp3) is 0.276. The Morgan fingerprint density at radius 3 is 2.38 bits per heavy atom. The number of carbonyl (C=O) groups is 1. The molecule has 6 nitrogen and oxygen atoms in total. The Morgan fingerprint density at radius 1 is 0.974 bits per heavy atom. The molecule has 0 saturated carbocycles. The second kappa shape index (κ2) is 10.7. The number of halogens is 3. The minimum atomic E-state index is -4.39. The predicted octanol–water partition coefficient (Wildman–Crippen LogP) is 4.85. The molecule has 0 aromatic heterocycles. The van der Waals surface area contributed by atoms with Gasteiger partial charge in [-0.25, -0.2) is 4.99 Å². The van der Waals surface area contributed by atoms with E-state index in [0.717, 1.165) is 28.4 Å². The highest BCUT2D eigenvalue weighted by Gasteiger charge is 2.33. The van der Waals surface area contributed by atoms with Gasteiger partial charge in [0.05, 0.1) is 17.0 Å². The number of hydrogen-bond donors (Lipinski definition) is 1. The first-order valence-corrected chi connectivity index (χ1v) is 13.0. The van der Waals surface area contributed by atoms with Gasteiger partial charge in [-0.05, 0) is 49.5 Å². The lowest BCUT2D eigenvalue weighted by Crippen LogP contribution is -2.55. The van der Waals surface area contributed by atoms with E-state index >= 15 is 0 Å². The first-order chi connectivity index (χ1) is 18.6. The number of anilines is 2. The molecule has 1 amide bonds. The van der Waals surface area contributed by atoms with Crippen LogP contribution in [0.2, 0.25) is 0 Å². The van der Waals surface area contributed by atoms with Crippen LogP contribution in [0.4, 0.5) is 24.5 Å². The minimum Gasteiger partial charge on any atom is -0.368 e. The summed E-state index contributed by atoms with van der Waals surface area (Å²) in [4.78, 5) is 23.8. The molecule has 0 spiro atoms. The summed E-state index contributed by atoms with van der Waals surface area (Å²) in [7, 11) is 1.73. The summed E-state index contributed by atoms with van der Waals surface area (Å²) in [6, 6.07) is 21.0. The summed E-state index contributed by atoms with van der Waals surface area (Å²) in [5.74, 6) is -0.240. The number of nitrogens with one attached hydrogen (secondary N) is 1. The standard InChI is InChI=1S/C29H28F3N5OS/c1-19-11-12-24-23(17-19)25(20-7-4-3-5-8-20)33-26(27(38)35(24)2)34-28(39)37-15-13-36(14-16-37)22-10-6-9-21(18-22)29(30,31)32/h3-12,17-18,26H,13-16H2,1-2H3,(H,34,39). The molecule has 1 saturated heterocycles. The Hall–Kier alpha value is -3.92. The smallest absolute Gasteiger partial charge is 0.368 e. The molecule has 0 aliphatic carbocycles. The highest BCUT2D eigenvalue weighted by molar-refractivity contribution is 7.80. The van der Waals surface area contributed by atoms with E-state index < -0.39 is 17.9 Å². The van der Waals surface area contributed by atoms with Gasteiger partial charge < -0.3 is 20.0 Å². The Balaban J connectivity index is 1.34. The third kappa shape index (κ3) is 5.61. The van der Waals surface area contributed by atoms with Crippen LogP contribution in [0, 0.1) is 6.92 Å². The molecule has 2 aliphatic heterocycles. The fourth-order valence-corrected chi connectivity index (χ4v) is 5.16. The van der Waals surface area contributed by atoms with Gasteiger partial charge in [0.15, 0.2) is 5.11 Å². The van der Waals surface area contributed by atoms with E-state index in [1.54, 1.807) is 18.0 Å². The number of hydrogen-bond acceptors (Lipinski definition) is 4. The highest BCUT2D eigenvalue weighted by atomic mass is 32.1. The van der Waals surface area contributed by atoms with E-state index in [1.165, 1.54) is 12.1 Å². The van der Waals surface area contributed by atoms with E-state index in [9.17, 15) is 18.0 Å². The van der Waals surface area contributed by atoms with Crippen molar-refractivity contribution in [1.82, 2.24) is 10.2 Å². The van der Waals surface area contributed by atoms with Crippen LogP contribution in [-0.4, -0.2) is 61.0 Å². The van der Waals surface area contributed by atoms with Gasteiger partial charge in [-0.15, -0.1) is 0 Å². The summed E-state index contributed by atoms with van der Waals surface area (Å²) >= 11 is 5.69. The van der Waals surface area contributed by atoms with Gasteiger partial charge in [0.2, 0.25) is 6.17 Å². The maximum Gasteiger partial charge on any atom is 0.416 e. The summed E-state index contributed by atoms with van der Waals surface area (Å²) in [5, 5.41) is 3.53. The van der Waals surface area contributed by atoms with E-state index in [4.69, 9.17) is 17.2 Å². The zero-order valence-electron chi connectivity index (χ0n) is 21.6. The molecule has 0 bridgehead atoms. The zero-order chi connectivity index (χ0) is 27.7. The van der Waals surface area contributed by atoms with Gasteiger partial charge in [0.1, 0.15) is 0 Å². The van der Waals surface area contributed by atoms with Gasteiger partial charge in [-0.3, -0.25) is 4.79 Å². The van der Waals surface area contributed by atoms with Crippen LogP contribution in [0.15, 0.2) is 77.8 Å². The number of aryl methyl sites for hydroxylation is 1. The topological polar surface area (TPSA) is 51.2 Å². The van der Waals surface area contributed by atoms with Crippen LogP contribution in [-0.2, 0) is 11.0 Å². The number of aliphatic imine (C=N–C) groups is 1. The van der Waals surface area contributed by atoms with E-state index in [1.807, 2.05) is 65.3 Å². The van der Waals surface area contributed by atoms with Crippen molar-refractivity contribution in [2.75, 3.05) is 43.0 Å². The number of benzodiazepines with no additional fused rings is 1. The number of fused-ring (bicyclic) bond motifs is 1. The lowest BCUT2D eigenvalue weighted by Gasteiger charge is -2.38. The lowest BCUT2D eigenvalue weighted by atomic mass is 9.98. The Labute approximate surface area is 230 Å². The predicted molar refractivity (Wildman–Crippen MR) is 151 cm³/mol. The minimum absolute atomic E-state index is 0.240. The average molecular weight is 552 g/mol. The Kier molecular flexibility index (Phi) is 7.31. The Morgan fingerprint density at radius 2 is 1.69 bits per heavy atom. The maximum atomic E-state index is 13.5. The molecule has 1 fully saturated rings. The maximum absolute atomic E-state index is 13.5. The molecule has 1 unspecified atom stereocenters. The molecule has 10 heteroatoms. The normalized spacial score (nSPS) is 17.9. The summed E-state index contributed by atoms with van der Waals surface area (Å²) in [6.45, 7) is 3.97. The van der Waals surface area contributed by atoms with Crippen LogP contribution in [0.1, 0.15) is 22.3 Å². The van der Waals surface area contributed by atoms with E-state index in [2.05, 4.69) is 5.32 Å². The molecule has 2 heterocycles. The molecular weight excluding hydrogens is 523 g/mol. The third-order valence-corrected chi connectivity index (χ3v) is 7.38. The molecule has 3 aromatic carbocycles. The van der Waals surface area contributed by atoms with Crippen LogP contribution >= 0.6 is 12.2 Å². The van der Waals surface area contributed by atoms with Crippen LogP contribution in [0.3, 0.4) is 0 Å². The monoisotopic (exact) mass is 551 g/mol. The molecule has 202 valence electrons. The first kappa shape index (κ1) is 26.7. The SMILES string of the molecule is Cc1ccc2c(c1)C(c1ccccc1)=NC(NC(=S)N1CCN(c3cccc(C(F)(F)F)c3)CC1)C(=O)N2C. The molecule has 1 N–H and O–H groups in total. The molecule has 5 rings (SSSR count). The van der Waals surface area contributed by atoms with Crippen molar-refractivity contribution in [3.05, 3.63) is 95.1 Å². The van der Waals surface area contributed by atoms with Gasteiger partial charge in [0.25, 0.3) is 5.91 Å². The number of likely N-dealkylation sites (N-methyl/N-ethyl adjacent to an activating group) is 1. The quantitative estimate of drug-likeness (QED) is 0.472. The van der Waals surface area contributed by atoms with Gasteiger partial charge in [-0.2, -0.15) is 13.2 Å².